The molecule has 4 rings (SSSR count). The Morgan fingerprint density at radius 3 is 2.84 bits per heavy atom. The molecule has 1 fully saturated rings. The standard InChI is InChI=1S/C25H33N5O2/c1-3-4-14-32-21-7-5-6-20(15-21)22-23-24(26)27-12-13-30(23)25(29-22)19-10-8-18(9-11-19)16-28-17(2)31/h5-7,12-13,15,18-19H,3-4,8-11,14,16H2,1-2H3,(H2,26,27)(H,28,31). The molecule has 0 unspecified atom stereocenters. The third-order valence-corrected chi connectivity index (χ3v) is 6.34. The van der Waals surface area contributed by atoms with E-state index in [9.17, 15) is 4.79 Å². The molecule has 0 bridgehead atoms. The summed E-state index contributed by atoms with van der Waals surface area (Å²) < 4.78 is 8.03. The van der Waals surface area contributed by atoms with Crippen molar-refractivity contribution in [2.45, 2.75) is 58.3 Å². The highest BCUT2D eigenvalue weighted by molar-refractivity contribution is 5.85. The van der Waals surface area contributed by atoms with E-state index in [1.165, 1.54) is 0 Å². The average molecular weight is 436 g/mol. The first-order valence-electron chi connectivity index (χ1n) is 11.7. The molecule has 0 spiro atoms. The van der Waals surface area contributed by atoms with Gasteiger partial charge in [-0.3, -0.25) is 9.20 Å². The van der Waals surface area contributed by atoms with Gasteiger partial charge < -0.3 is 15.8 Å². The third-order valence-electron chi connectivity index (χ3n) is 6.34. The Morgan fingerprint density at radius 1 is 1.28 bits per heavy atom. The van der Waals surface area contributed by atoms with Crippen LogP contribution in [0.25, 0.3) is 16.8 Å². The maximum absolute atomic E-state index is 11.2. The Balaban J connectivity index is 1.61. The molecule has 170 valence electrons. The van der Waals surface area contributed by atoms with Crippen LogP contribution in [0.4, 0.5) is 5.82 Å². The van der Waals surface area contributed by atoms with Crippen LogP contribution in [0.15, 0.2) is 36.7 Å². The summed E-state index contributed by atoms with van der Waals surface area (Å²) in [4.78, 5) is 20.7. The molecule has 0 aliphatic heterocycles. The van der Waals surface area contributed by atoms with Gasteiger partial charge in [0.1, 0.15) is 28.6 Å². The first kappa shape index (κ1) is 22.1. The fourth-order valence-electron chi connectivity index (χ4n) is 4.56. The van der Waals surface area contributed by atoms with Gasteiger partial charge in [0.2, 0.25) is 5.91 Å². The van der Waals surface area contributed by atoms with Gasteiger partial charge in [-0.05, 0) is 50.2 Å². The summed E-state index contributed by atoms with van der Waals surface area (Å²) in [5.74, 6) is 3.30. The van der Waals surface area contributed by atoms with Gasteiger partial charge in [0, 0.05) is 37.3 Å². The third kappa shape index (κ3) is 4.87. The fraction of sp³-hybridized carbons (Fsp3) is 0.480. The predicted molar refractivity (Wildman–Crippen MR) is 127 cm³/mol. The molecule has 1 aliphatic rings. The van der Waals surface area contributed by atoms with Crippen molar-refractivity contribution in [3.8, 4) is 17.0 Å². The van der Waals surface area contributed by atoms with Gasteiger partial charge in [-0.1, -0.05) is 25.5 Å². The summed E-state index contributed by atoms with van der Waals surface area (Å²) >= 11 is 0. The molecule has 0 saturated heterocycles. The molecule has 3 aromatic rings. The quantitative estimate of drug-likeness (QED) is 0.506. The first-order chi connectivity index (χ1) is 15.6. The van der Waals surface area contributed by atoms with Crippen LogP contribution in [-0.2, 0) is 4.79 Å². The minimum Gasteiger partial charge on any atom is -0.494 e. The van der Waals surface area contributed by atoms with Crippen LogP contribution in [0.2, 0.25) is 0 Å². The lowest BCUT2D eigenvalue weighted by molar-refractivity contribution is -0.119. The zero-order chi connectivity index (χ0) is 22.5. The summed E-state index contributed by atoms with van der Waals surface area (Å²) in [6.07, 6.45) is 10.1. The van der Waals surface area contributed by atoms with Gasteiger partial charge in [0.05, 0.1) is 6.61 Å². The monoisotopic (exact) mass is 435 g/mol. The van der Waals surface area contributed by atoms with Crippen LogP contribution in [0.1, 0.15) is 64.1 Å². The van der Waals surface area contributed by atoms with Crippen molar-refractivity contribution >= 4 is 17.2 Å². The van der Waals surface area contributed by atoms with Gasteiger partial charge in [-0.15, -0.1) is 0 Å². The second kappa shape index (κ2) is 10.0. The number of nitrogen functional groups attached to an aromatic ring is 1. The summed E-state index contributed by atoms with van der Waals surface area (Å²) in [5.41, 5.74) is 9.02. The van der Waals surface area contributed by atoms with E-state index in [0.717, 1.165) is 73.4 Å². The van der Waals surface area contributed by atoms with E-state index in [2.05, 4.69) is 27.7 Å². The number of hydrogen-bond acceptors (Lipinski definition) is 5. The van der Waals surface area contributed by atoms with Crippen molar-refractivity contribution in [1.82, 2.24) is 19.7 Å². The topological polar surface area (TPSA) is 94.5 Å². The minimum atomic E-state index is 0.0416. The number of amides is 1. The summed E-state index contributed by atoms with van der Waals surface area (Å²) in [6, 6.07) is 8.08. The van der Waals surface area contributed by atoms with Crippen molar-refractivity contribution in [2.24, 2.45) is 5.92 Å². The number of ether oxygens (including phenoxy) is 1. The van der Waals surface area contributed by atoms with E-state index in [1.54, 1.807) is 13.1 Å². The number of fused-ring (bicyclic) bond motifs is 1. The second-order valence-electron chi connectivity index (χ2n) is 8.73. The zero-order valence-corrected chi connectivity index (χ0v) is 19.0. The predicted octanol–water partition coefficient (Wildman–Crippen LogP) is 4.57. The SMILES string of the molecule is CCCCOc1cccc(-c2nc(C3CCC(CNC(C)=O)CC3)n3ccnc(N)c23)c1. The number of imidazole rings is 1. The maximum Gasteiger partial charge on any atom is 0.216 e. The van der Waals surface area contributed by atoms with Crippen molar-refractivity contribution in [1.29, 1.82) is 0 Å². The van der Waals surface area contributed by atoms with Gasteiger partial charge >= 0.3 is 0 Å². The van der Waals surface area contributed by atoms with Crippen molar-refractivity contribution in [3.05, 3.63) is 42.5 Å². The number of hydrogen-bond donors (Lipinski definition) is 2. The Kier molecular flexibility index (Phi) is 6.93. The fourth-order valence-corrected chi connectivity index (χ4v) is 4.56. The number of rotatable bonds is 8. The molecule has 1 saturated carbocycles. The lowest BCUT2D eigenvalue weighted by atomic mass is 9.81. The van der Waals surface area contributed by atoms with E-state index < -0.39 is 0 Å². The molecule has 1 aliphatic carbocycles. The molecule has 0 atom stereocenters. The Labute approximate surface area is 189 Å². The zero-order valence-electron chi connectivity index (χ0n) is 19.0. The highest BCUT2D eigenvalue weighted by atomic mass is 16.5. The smallest absolute Gasteiger partial charge is 0.216 e. The van der Waals surface area contributed by atoms with Gasteiger partial charge in [0.25, 0.3) is 0 Å². The Morgan fingerprint density at radius 2 is 2.09 bits per heavy atom. The summed E-state index contributed by atoms with van der Waals surface area (Å²) in [5, 5.41) is 2.96. The number of benzene rings is 1. The first-order valence-corrected chi connectivity index (χ1v) is 11.7. The molecular weight excluding hydrogens is 402 g/mol. The molecule has 0 radical (unpaired) electrons. The number of unbranched alkanes of at least 4 members (excludes halogenated alkanes) is 1. The van der Waals surface area contributed by atoms with E-state index >= 15 is 0 Å². The molecule has 7 heteroatoms. The van der Waals surface area contributed by atoms with Crippen molar-refractivity contribution < 1.29 is 9.53 Å². The van der Waals surface area contributed by atoms with Crippen LogP contribution in [-0.4, -0.2) is 33.4 Å². The number of anilines is 1. The molecule has 2 aromatic heterocycles. The van der Waals surface area contributed by atoms with Crippen LogP contribution in [0.3, 0.4) is 0 Å². The number of nitrogens with one attached hydrogen (secondary N) is 1. The lowest BCUT2D eigenvalue weighted by Gasteiger charge is -2.27. The molecule has 7 nitrogen and oxygen atoms in total. The molecule has 32 heavy (non-hydrogen) atoms. The molecular formula is C25H33N5O2. The largest absolute Gasteiger partial charge is 0.494 e. The highest BCUT2D eigenvalue weighted by Gasteiger charge is 2.27. The number of nitrogens with zero attached hydrogens (tertiary/aromatic N) is 3. The Bertz CT molecular complexity index is 1070. The van der Waals surface area contributed by atoms with E-state index in [0.29, 0.717) is 24.3 Å². The van der Waals surface area contributed by atoms with Gasteiger partial charge in [-0.25, -0.2) is 9.97 Å². The van der Waals surface area contributed by atoms with Crippen LogP contribution < -0.4 is 15.8 Å². The second-order valence-corrected chi connectivity index (χ2v) is 8.73. The summed E-state index contributed by atoms with van der Waals surface area (Å²) in [7, 11) is 0. The van der Waals surface area contributed by atoms with Crippen LogP contribution in [0.5, 0.6) is 5.75 Å². The molecule has 1 aromatic carbocycles. The number of carbonyl (C=O) groups is 1. The lowest BCUT2D eigenvalue weighted by Crippen LogP contribution is -2.29. The number of nitrogens with two attached hydrogens (primary N) is 1. The number of aromatic nitrogens is 3. The average Bonchev–Trinajstić information content (AvgIpc) is 3.19. The van der Waals surface area contributed by atoms with E-state index in [-0.39, 0.29) is 5.91 Å². The van der Waals surface area contributed by atoms with Crippen LogP contribution in [0, 0.1) is 5.92 Å². The van der Waals surface area contributed by atoms with E-state index in [1.807, 2.05) is 24.4 Å². The minimum absolute atomic E-state index is 0.0416. The van der Waals surface area contributed by atoms with E-state index in [4.69, 9.17) is 15.5 Å². The molecule has 1 amide bonds. The molecule has 2 heterocycles. The number of carbonyl (C=O) groups excluding carboxylic acids is 1. The van der Waals surface area contributed by atoms with Crippen molar-refractivity contribution in [2.75, 3.05) is 18.9 Å². The summed E-state index contributed by atoms with van der Waals surface area (Å²) in [6.45, 7) is 5.20. The maximum atomic E-state index is 11.2. The highest BCUT2D eigenvalue weighted by Crippen LogP contribution is 2.38. The van der Waals surface area contributed by atoms with Crippen molar-refractivity contribution in [3.63, 3.8) is 0 Å². The van der Waals surface area contributed by atoms with Gasteiger partial charge in [-0.2, -0.15) is 0 Å². The van der Waals surface area contributed by atoms with Gasteiger partial charge in [0.15, 0.2) is 0 Å². The molecule has 3 N–H and O–H groups in total. The van der Waals surface area contributed by atoms with Crippen LogP contribution >= 0.6 is 0 Å². The Hall–Kier alpha value is -3.09. The normalized spacial score (nSPS) is 18.6.